The van der Waals surface area contributed by atoms with Crippen LogP contribution in [0.5, 0.6) is 11.5 Å². The molecule has 0 fully saturated rings. The maximum atomic E-state index is 12.3. The fraction of sp³-hybridized carbons (Fsp3) is 0.438. The van der Waals surface area contributed by atoms with Gasteiger partial charge in [-0.25, -0.2) is 0 Å². The van der Waals surface area contributed by atoms with E-state index in [0.717, 1.165) is 16.5 Å². The van der Waals surface area contributed by atoms with Crippen molar-refractivity contribution in [3.8, 4) is 11.5 Å². The van der Waals surface area contributed by atoms with Crippen LogP contribution in [0.4, 0.5) is 0 Å². The van der Waals surface area contributed by atoms with Crippen molar-refractivity contribution in [3.05, 3.63) is 29.6 Å². The van der Waals surface area contributed by atoms with E-state index in [0.29, 0.717) is 18.0 Å². The molecule has 1 aromatic carbocycles. The van der Waals surface area contributed by atoms with Crippen LogP contribution in [-0.4, -0.2) is 40.1 Å². The standard InChI is InChI=1S/C16H22N4O3S/c1-10(24-16-19-18-11(2)20(16)3)15(21)17-9-12-6-7-13(22-4)14(8-12)23-5/h6-8,10H,9H2,1-5H3,(H,17,21)/t10-/m0/s1. The van der Waals surface area contributed by atoms with Crippen LogP contribution in [0.1, 0.15) is 18.3 Å². The zero-order valence-corrected chi connectivity index (χ0v) is 15.3. The minimum Gasteiger partial charge on any atom is -0.493 e. The molecule has 130 valence electrons. The van der Waals surface area contributed by atoms with Gasteiger partial charge in [-0.15, -0.1) is 10.2 Å². The average molecular weight is 350 g/mol. The highest BCUT2D eigenvalue weighted by molar-refractivity contribution is 8.00. The van der Waals surface area contributed by atoms with Crippen molar-refractivity contribution in [3.63, 3.8) is 0 Å². The van der Waals surface area contributed by atoms with E-state index in [4.69, 9.17) is 9.47 Å². The van der Waals surface area contributed by atoms with Crippen LogP contribution >= 0.6 is 11.8 Å². The van der Waals surface area contributed by atoms with Gasteiger partial charge in [-0.1, -0.05) is 17.8 Å². The van der Waals surface area contributed by atoms with Crippen molar-refractivity contribution in [2.75, 3.05) is 14.2 Å². The molecule has 0 spiro atoms. The van der Waals surface area contributed by atoms with Crippen molar-refractivity contribution in [2.24, 2.45) is 7.05 Å². The lowest BCUT2D eigenvalue weighted by molar-refractivity contribution is -0.120. The second-order valence-corrected chi connectivity index (χ2v) is 6.56. The Morgan fingerprint density at radius 1 is 1.29 bits per heavy atom. The van der Waals surface area contributed by atoms with Gasteiger partial charge < -0.3 is 19.4 Å². The molecule has 0 saturated carbocycles. The van der Waals surface area contributed by atoms with Crippen molar-refractivity contribution in [2.45, 2.75) is 30.8 Å². The number of carbonyl (C=O) groups is 1. The van der Waals surface area contributed by atoms with E-state index in [1.54, 1.807) is 14.2 Å². The molecule has 0 saturated heterocycles. The zero-order valence-electron chi connectivity index (χ0n) is 14.5. The van der Waals surface area contributed by atoms with Crippen LogP contribution in [-0.2, 0) is 18.4 Å². The van der Waals surface area contributed by atoms with Crippen molar-refractivity contribution in [1.82, 2.24) is 20.1 Å². The predicted molar refractivity (Wildman–Crippen MR) is 92.5 cm³/mol. The Hall–Kier alpha value is -2.22. The topological polar surface area (TPSA) is 78.3 Å². The quantitative estimate of drug-likeness (QED) is 0.769. The molecular weight excluding hydrogens is 328 g/mol. The average Bonchev–Trinajstić information content (AvgIpc) is 2.91. The summed E-state index contributed by atoms with van der Waals surface area (Å²) in [6, 6.07) is 5.56. The number of methoxy groups -OCH3 is 2. The molecule has 8 heteroatoms. The molecule has 1 heterocycles. The largest absolute Gasteiger partial charge is 0.493 e. The Morgan fingerprint density at radius 2 is 2.00 bits per heavy atom. The molecule has 1 amide bonds. The maximum Gasteiger partial charge on any atom is 0.233 e. The Morgan fingerprint density at radius 3 is 2.58 bits per heavy atom. The predicted octanol–water partition coefficient (Wildman–Crippen LogP) is 1.94. The van der Waals surface area contributed by atoms with Gasteiger partial charge in [0.15, 0.2) is 16.7 Å². The van der Waals surface area contributed by atoms with Gasteiger partial charge in [0.05, 0.1) is 19.5 Å². The highest BCUT2D eigenvalue weighted by Gasteiger charge is 2.18. The van der Waals surface area contributed by atoms with E-state index in [9.17, 15) is 4.79 Å². The van der Waals surface area contributed by atoms with E-state index in [-0.39, 0.29) is 11.2 Å². The van der Waals surface area contributed by atoms with Crippen LogP contribution < -0.4 is 14.8 Å². The first kappa shape index (κ1) is 18.1. The number of aromatic nitrogens is 3. The number of amides is 1. The van der Waals surface area contributed by atoms with Crippen LogP contribution in [0.15, 0.2) is 23.4 Å². The second kappa shape index (κ2) is 8.05. The lowest BCUT2D eigenvalue weighted by Crippen LogP contribution is -2.30. The molecule has 1 N–H and O–H groups in total. The van der Waals surface area contributed by atoms with Gasteiger partial charge in [-0.3, -0.25) is 4.79 Å². The molecule has 0 aliphatic rings. The number of aryl methyl sites for hydroxylation is 1. The van der Waals surface area contributed by atoms with E-state index < -0.39 is 0 Å². The second-order valence-electron chi connectivity index (χ2n) is 5.26. The highest BCUT2D eigenvalue weighted by atomic mass is 32.2. The normalized spacial score (nSPS) is 11.9. The third kappa shape index (κ3) is 4.19. The number of ether oxygens (including phenoxy) is 2. The summed E-state index contributed by atoms with van der Waals surface area (Å²) in [7, 11) is 5.06. The van der Waals surface area contributed by atoms with E-state index in [1.165, 1.54) is 11.8 Å². The molecule has 24 heavy (non-hydrogen) atoms. The summed E-state index contributed by atoms with van der Waals surface area (Å²) in [5.41, 5.74) is 0.938. The minimum atomic E-state index is -0.271. The number of thioether (sulfide) groups is 1. The SMILES string of the molecule is COc1ccc(CNC(=O)[C@H](C)Sc2nnc(C)n2C)cc1OC. The number of rotatable bonds is 7. The summed E-state index contributed by atoms with van der Waals surface area (Å²) in [6.07, 6.45) is 0. The number of carbonyl (C=O) groups excluding carboxylic acids is 1. The zero-order chi connectivity index (χ0) is 17.7. The van der Waals surface area contributed by atoms with Gasteiger partial charge in [-0.05, 0) is 31.5 Å². The Labute approximate surface area is 145 Å². The first-order chi connectivity index (χ1) is 11.5. The van der Waals surface area contributed by atoms with Gasteiger partial charge in [0.2, 0.25) is 5.91 Å². The van der Waals surface area contributed by atoms with E-state index in [1.807, 2.05) is 43.7 Å². The summed E-state index contributed by atoms with van der Waals surface area (Å²) in [5.74, 6) is 2.06. The smallest absolute Gasteiger partial charge is 0.233 e. The summed E-state index contributed by atoms with van der Waals surface area (Å²) in [5, 5.41) is 11.4. The summed E-state index contributed by atoms with van der Waals surface area (Å²) in [6.45, 7) is 4.14. The fourth-order valence-electron chi connectivity index (χ4n) is 2.03. The number of nitrogens with zero attached hydrogens (tertiary/aromatic N) is 3. The van der Waals surface area contributed by atoms with Gasteiger partial charge in [-0.2, -0.15) is 0 Å². The first-order valence-electron chi connectivity index (χ1n) is 7.47. The van der Waals surface area contributed by atoms with Crippen LogP contribution in [0.3, 0.4) is 0 Å². The Balaban J connectivity index is 1.93. The third-order valence-electron chi connectivity index (χ3n) is 3.62. The maximum absolute atomic E-state index is 12.3. The Kier molecular flexibility index (Phi) is 6.08. The van der Waals surface area contributed by atoms with Gasteiger partial charge in [0.25, 0.3) is 0 Å². The van der Waals surface area contributed by atoms with Crippen LogP contribution in [0, 0.1) is 6.92 Å². The molecule has 1 aromatic heterocycles. The van der Waals surface area contributed by atoms with Crippen LogP contribution in [0.25, 0.3) is 0 Å². The van der Waals surface area contributed by atoms with Crippen molar-refractivity contribution in [1.29, 1.82) is 0 Å². The Bertz CT molecular complexity index is 717. The summed E-state index contributed by atoms with van der Waals surface area (Å²) in [4.78, 5) is 12.3. The fourth-order valence-corrected chi connectivity index (χ4v) is 2.91. The van der Waals surface area contributed by atoms with Gasteiger partial charge in [0.1, 0.15) is 5.82 Å². The molecule has 0 radical (unpaired) electrons. The number of nitrogens with one attached hydrogen (secondary N) is 1. The van der Waals surface area contributed by atoms with Crippen LogP contribution in [0.2, 0.25) is 0 Å². The molecule has 7 nitrogen and oxygen atoms in total. The van der Waals surface area contributed by atoms with E-state index >= 15 is 0 Å². The monoisotopic (exact) mass is 350 g/mol. The van der Waals surface area contributed by atoms with Crippen molar-refractivity contribution < 1.29 is 14.3 Å². The lowest BCUT2D eigenvalue weighted by atomic mass is 10.2. The van der Waals surface area contributed by atoms with Gasteiger partial charge >= 0.3 is 0 Å². The molecule has 0 bridgehead atoms. The molecule has 2 aromatic rings. The first-order valence-corrected chi connectivity index (χ1v) is 8.35. The molecule has 2 rings (SSSR count). The van der Waals surface area contributed by atoms with Crippen molar-refractivity contribution >= 4 is 17.7 Å². The number of benzene rings is 1. The highest BCUT2D eigenvalue weighted by Crippen LogP contribution is 2.27. The molecule has 0 aliphatic heterocycles. The van der Waals surface area contributed by atoms with E-state index in [2.05, 4.69) is 15.5 Å². The molecule has 1 atom stereocenters. The minimum absolute atomic E-state index is 0.0598. The summed E-state index contributed by atoms with van der Waals surface area (Å²) < 4.78 is 12.3. The molecule has 0 unspecified atom stereocenters. The summed E-state index contributed by atoms with van der Waals surface area (Å²) >= 11 is 1.38. The molecule has 0 aliphatic carbocycles. The number of hydrogen-bond donors (Lipinski definition) is 1. The lowest BCUT2D eigenvalue weighted by Gasteiger charge is -2.13. The van der Waals surface area contributed by atoms with Gasteiger partial charge in [0, 0.05) is 13.6 Å². The third-order valence-corrected chi connectivity index (χ3v) is 4.75. The molecular formula is C16H22N4O3S. The number of hydrogen-bond acceptors (Lipinski definition) is 6.